The summed E-state index contributed by atoms with van der Waals surface area (Å²) in [5.74, 6) is -0.0871. The summed E-state index contributed by atoms with van der Waals surface area (Å²) in [6.45, 7) is 4.70. The molecule has 2 heterocycles. The van der Waals surface area contributed by atoms with E-state index in [1.165, 1.54) is 0 Å². The average molecular weight is 465 g/mol. The molecule has 0 radical (unpaired) electrons. The van der Waals surface area contributed by atoms with E-state index in [0.29, 0.717) is 73.8 Å². The molecule has 2 aromatic rings. The Morgan fingerprint density at radius 3 is 2.26 bits per heavy atom. The zero-order valence-corrected chi connectivity index (χ0v) is 18.3. The minimum Gasteiger partial charge on any atom is -0.378 e. The largest absolute Gasteiger partial charge is 0.378 e. The molecule has 0 aromatic heterocycles. The highest BCUT2D eigenvalue weighted by atomic mass is 35.5. The van der Waals surface area contributed by atoms with Gasteiger partial charge in [-0.15, -0.1) is 0 Å². The molecule has 4 rings (SSSR count). The smallest absolute Gasteiger partial charge is 0.292 e. The van der Waals surface area contributed by atoms with Crippen molar-refractivity contribution >= 4 is 46.2 Å². The minimum atomic E-state index is -0.345. The number of amides is 1. The Labute approximate surface area is 190 Å². The van der Waals surface area contributed by atoms with Gasteiger partial charge in [0.15, 0.2) is 0 Å². The molecule has 2 aliphatic heterocycles. The molecule has 8 nitrogen and oxygen atoms in total. The van der Waals surface area contributed by atoms with Crippen molar-refractivity contribution in [2.45, 2.75) is 0 Å². The topological polar surface area (TPSA) is 79.2 Å². The second-order valence-corrected chi connectivity index (χ2v) is 8.25. The van der Waals surface area contributed by atoms with Crippen molar-refractivity contribution < 1.29 is 14.5 Å². The Morgan fingerprint density at radius 1 is 0.903 bits per heavy atom. The summed E-state index contributed by atoms with van der Waals surface area (Å²) in [6.07, 6.45) is 0. The highest BCUT2D eigenvalue weighted by Crippen LogP contribution is 2.33. The number of carbonyl (C=O) groups is 1. The van der Waals surface area contributed by atoms with Crippen LogP contribution in [0.4, 0.5) is 17.1 Å². The molecule has 0 atom stereocenters. The SMILES string of the molecule is O=C(c1ccc(Cl)c(Cl)c1)N1CCN(c2ccc([N+](=O)[O-])c(N3CCOCC3)c2)CC1. The zero-order chi connectivity index (χ0) is 22.0. The van der Waals surface area contributed by atoms with E-state index >= 15 is 0 Å². The quantitative estimate of drug-likeness (QED) is 0.506. The van der Waals surface area contributed by atoms with E-state index in [1.54, 1.807) is 35.2 Å². The molecule has 0 N–H and O–H groups in total. The van der Waals surface area contributed by atoms with E-state index in [-0.39, 0.29) is 16.5 Å². The number of nitrogens with zero attached hydrogens (tertiary/aromatic N) is 4. The van der Waals surface area contributed by atoms with Gasteiger partial charge in [-0.1, -0.05) is 23.2 Å². The molecule has 2 fully saturated rings. The van der Waals surface area contributed by atoms with E-state index < -0.39 is 0 Å². The normalized spacial score (nSPS) is 17.0. The molecule has 0 bridgehead atoms. The minimum absolute atomic E-state index is 0.0871. The molecule has 0 saturated carbocycles. The summed E-state index contributed by atoms with van der Waals surface area (Å²) in [5.41, 5.74) is 2.13. The molecule has 0 spiro atoms. The van der Waals surface area contributed by atoms with Crippen LogP contribution in [0.5, 0.6) is 0 Å². The third-order valence-corrected chi connectivity index (χ3v) is 6.35. The number of piperazine rings is 1. The molecule has 0 aliphatic carbocycles. The fourth-order valence-corrected chi connectivity index (χ4v) is 4.20. The number of nitro benzene ring substituents is 1. The predicted octanol–water partition coefficient (Wildman–Crippen LogP) is 3.70. The summed E-state index contributed by atoms with van der Waals surface area (Å²) in [4.78, 5) is 29.9. The van der Waals surface area contributed by atoms with Crippen molar-refractivity contribution in [3.05, 3.63) is 62.1 Å². The third kappa shape index (κ3) is 4.71. The molecule has 2 aromatic carbocycles. The predicted molar refractivity (Wildman–Crippen MR) is 121 cm³/mol. The first-order chi connectivity index (χ1) is 14.9. The fourth-order valence-electron chi connectivity index (χ4n) is 3.90. The second-order valence-electron chi connectivity index (χ2n) is 7.44. The molecule has 31 heavy (non-hydrogen) atoms. The van der Waals surface area contributed by atoms with Gasteiger partial charge < -0.3 is 19.4 Å². The number of benzene rings is 2. The number of ether oxygens (including phenoxy) is 1. The van der Waals surface area contributed by atoms with Crippen LogP contribution in [-0.4, -0.2) is 68.2 Å². The number of nitro groups is 1. The Hall–Kier alpha value is -2.55. The van der Waals surface area contributed by atoms with E-state index in [4.69, 9.17) is 27.9 Å². The third-order valence-electron chi connectivity index (χ3n) is 5.61. The van der Waals surface area contributed by atoms with E-state index in [0.717, 1.165) is 5.69 Å². The van der Waals surface area contributed by atoms with Crippen LogP contribution < -0.4 is 9.80 Å². The Kier molecular flexibility index (Phi) is 6.50. The number of hydrogen-bond donors (Lipinski definition) is 0. The van der Waals surface area contributed by atoms with Crippen molar-refractivity contribution in [2.75, 3.05) is 62.3 Å². The van der Waals surface area contributed by atoms with Gasteiger partial charge in [0.05, 0.1) is 28.2 Å². The summed E-state index contributed by atoms with van der Waals surface area (Å²) in [5, 5.41) is 12.3. The van der Waals surface area contributed by atoms with Crippen LogP contribution in [0.15, 0.2) is 36.4 Å². The van der Waals surface area contributed by atoms with Gasteiger partial charge in [-0.3, -0.25) is 14.9 Å². The molecule has 10 heteroatoms. The Bertz CT molecular complexity index is 989. The monoisotopic (exact) mass is 464 g/mol. The molecule has 164 valence electrons. The number of anilines is 2. The van der Waals surface area contributed by atoms with Crippen LogP contribution in [-0.2, 0) is 4.74 Å². The number of hydrogen-bond acceptors (Lipinski definition) is 6. The first kappa shape index (κ1) is 21.7. The lowest BCUT2D eigenvalue weighted by Gasteiger charge is -2.37. The molecule has 0 unspecified atom stereocenters. The van der Waals surface area contributed by atoms with Gasteiger partial charge in [-0.2, -0.15) is 0 Å². The van der Waals surface area contributed by atoms with Gasteiger partial charge in [0.2, 0.25) is 0 Å². The van der Waals surface area contributed by atoms with Crippen molar-refractivity contribution in [1.29, 1.82) is 0 Å². The maximum atomic E-state index is 12.8. The summed E-state index contributed by atoms with van der Waals surface area (Å²) in [7, 11) is 0. The number of halogens is 2. The lowest BCUT2D eigenvalue weighted by Crippen LogP contribution is -2.48. The average Bonchev–Trinajstić information content (AvgIpc) is 2.80. The van der Waals surface area contributed by atoms with Crippen LogP contribution >= 0.6 is 23.2 Å². The van der Waals surface area contributed by atoms with Gasteiger partial charge in [-0.05, 0) is 30.3 Å². The number of carbonyl (C=O) groups excluding carboxylic acids is 1. The van der Waals surface area contributed by atoms with Crippen molar-refractivity contribution in [3.8, 4) is 0 Å². The van der Waals surface area contributed by atoms with Crippen LogP contribution in [0.1, 0.15) is 10.4 Å². The van der Waals surface area contributed by atoms with Crippen molar-refractivity contribution in [3.63, 3.8) is 0 Å². The highest BCUT2D eigenvalue weighted by Gasteiger charge is 2.26. The molecular formula is C21H22Cl2N4O4. The van der Waals surface area contributed by atoms with Crippen LogP contribution in [0, 0.1) is 10.1 Å². The van der Waals surface area contributed by atoms with Crippen LogP contribution in [0.25, 0.3) is 0 Å². The fraction of sp³-hybridized carbons (Fsp3) is 0.381. The zero-order valence-electron chi connectivity index (χ0n) is 16.8. The second kappa shape index (κ2) is 9.30. The number of morpholine rings is 1. The molecule has 2 saturated heterocycles. The first-order valence-corrected chi connectivity index (χ1v) is 10.8. The van der Waals surface area contributed by atoms with Crippen molar-refractivity contribution in [1.82, 2.24) is 4.90 Å². The summed E-state index contributed by atoms with van der Waals surface area (Å²) in [6, 6.07) is 10.1. The van der Waals surface area contributed by atoms with Gasteiger partial charge in [0.25, 0.3) is 11.6 Å². The Balaban J connectivity index is 1.47. The van der Waals surface area contributed by atoms with Gasteiger partial charge in [-0.25, -0.2) is 0 Å². The van der Waals surface area contributed by atoms with Gasteiger partial charge in [0, 0.05) is 56.6 Å². The van der Waals surface area contributed by atoms with Crippen LogP contribution in [0.3, 0.4) is 0 Å². The maximum absolute atomic E-state index is 12.8. The molecular weight excluding hydrogens is 443 g/mol. The van der Waals surface area contributed by atoms with Gasteiger partial charge >= 0.3 is 0 Å². The van der Waals surface area contributed by atoms with Crippen molar-refractivity contribution in [2.24, 2.45) is 0 Å². The van der Waals surface area contributed by atoms with Gasteiger partial charge in [0.1, 0.15) is 5.69 Å². The Morgan fingerprint density at radius 2 is 1.61 bits per heavy atom. The first-order valence-electron chi connectivity index (χ1n) is 10.0. The van der Waals surface area contributed by atoms with E-state index in [9.17, 15) is 14.9 Å². The maximum Gasteiger partial charge on any atom is 0.292 e. The van der Waals surface area contributed by atoms with E-state index in [1.807, 2.05) is 11.0 Å². The lowest BCUT2D eigenvalue weighted by molar-refractivity contribution is -0.384. The lowest BCUT2D eigenvalue weighted by atomic mass is 10.1. The van der Waals surface area contributed by atoms with E-state index in [2.05, 4.69) is 4.90 Å². The molecule has 2 aliphatic rings. The molecule has 1 amide bonds. The summed E-state index contributed by atoms with van der Waals surface area (Å²) >= 11 is 12.0. The summed E-state index contributed by atoms with van der Waals surface area (Å²) < 4.78 is 5.38. The highest BCUT2D eigenvalue weighted by molar-refractivity contribution is 6.42. The number of rotatable bonds is 4. The standard InChI is InChI=1S/C21H22Cl2N4O4/c22-17-3-1-15(13-18(17)23)21(28)26-7-5-24(6-8-26)16-2-4-19(27(29)30)20(14-16)25-9-11-31-12-10-25/h1-4,13-14H,5-12H2. The van der Waals surface area contributed by atoms with Crippen LogP contribution in [0.2, 0.25) is 10.0 Å².